The number of hydrogen-bond acceptors (Lipinski definition) is 0. The first-order chi connectivity index (χ1) is 43.3. The van der Waals surface area contributed by atoms with Gasteiger partial charge >= 0.3 is 0 Å². The zero-order valence-electron chi connectivity index (χ0n) is 76.3. The maximum absolute atomic E-state index is 2.44. The van der Waals surface area contributed by atoms with Gasteiger partial charge in [-0.05, 0) is 276 Å². The summed E-state index contributed by atoms with van der Waals surface area (Å²) in [6.07, 6.45) is 32.1. The second-order valence-corrected chi connectivity index (χ2v) is 44.1. The lowest BCUT2D eigenvalue weighted by Crippen LogP contribution is -2.31. The molecule has 11 atom stereocenters. The van der Waals surface area contributed by atoms with E-state index in [1.807, 2.05) is 0 Å². The highest BCUT2D eigenvalue weighted by atomic mass is 14.5. The Balaban J connectivity index is -0.000000976. The molecule has 0 bridgehead atoms. The third-order valence-electron chi connectivity index (χ3n) is 29.8. The number of rotatable bonds is 10. The van der Waals surface area contributed by atoms with E-state index in [1.165, 1.54) is 134 Å². The van der Waals surface area contributed by atoms with Gasteiger partial charge in [-0.15, -0.1) is 0 Å². The molecule has 10 rings (SSSR count). The van der Waals surface area contributed by atoms with Crippen LogP contribution in [0.5, 0.6) is 0 Å². The van der Waals surface area contributed by atoms with Crippen LogP contribution in [0, 0.1) is 174 Å². The second kappa shape index (κ2) is 45.4. The van der Waals surface area contributed by atoms with E-state index < -0.39 is 0 Å². The Bertz CT molecular complexity index is 1750. The third kappa shape index (κ3) is 44.0. The minimum absolute atomic E-state index is 0.437. The van der Waals surface area contributed by atoms with Gasteiger partial charge in [0.2, 0.25) is 0 Å². The van der Waals surface area contributed by atoms with Gasteiger partial charge in [-0.1, -0.05) is 343 Å². The molecule has 0 saturated heterocycles. The van der Waals surface area contributed by atoms with Gasteiger partial charge < -0.3 is 0 Å². The van der Waals surface area contributed by atoms with Crippen molar-refractivity contribution in [2.75, 3.05) is 0 Å². The minimum Gasteiger partial charge on any atom is -0.0651 e. The summed E-state index contributed by atoms with van der Waals surface area (Å²) in [5.74, 6) is 22.0. The van der Waals surface area contributed by atoms with E-state index in [9.17, 15) is 0 Å². The SMILES string of the molecule is CC(C)(C)C(C)(C)C.CC(C)C(C)C(C)C.CC1(C2CC2)CC1.CC1CC(C)(C)C1.CC1CC(C)C1C.CC1CC(C)C1C.CC1CCC1(C)C.CCC(C)(C)C(C)C.CCC(C)C(C)(C)C.CCC1CC(C)C1.CCC1CCC1C.CC[C@@H](C)C(C)(C)C.C[C@H]1CC1C1CC1. The Kier molecular flexibility index (Phi) is 47.4. The summed E-state index contributed by atoms with van der Waals surface area (Å²) in [6, 6.07) is 0. The molecule has 10 aliphatic carbocycles. The summed E-state index contributed by atoms with van der Waals surface area (Å²) in [5.41, 5.74) is 4.67. The largest absolute Gasteiger partial charge is 0.0651 e. The fourth-order valence-electron chi connectivity index (χ4n) is 13.7. The third-order valence-corrected chi connectivity index (χ3v) is 29.8. The molecule has 10 aliphatic rings. The molecule has 10 fully saturated rings. The van der Waals surface area contributed by atoms with Gasteiger partial charge in [-0.25, -0.2) is 0 Å². The lowest BCUT2D eigenvalue weighted by Gasteiger charge is -2.42. The van der Waals surface area contributed by atoms with Gasteiger partial charge in [-0.2, -0.15) is 0 Å². The van der Waals surface area contributed by atoms with E-state index in [4.69, 9.17) is 0 Å². The van der Waals surface area contributed by atoms with Crippen LogP contribution in [0.3, 0.4) is 0 Å². The summed E-state index contributed by atoms with van der Waals surface area (Å²) in [4.78, 5) is 0. The van der Waals surface area contributed by atoms with Crippen LogP contribution in [-0.2, 0) is 0 Å². The quantitative estimate of drug-likeness (QED) is 0.205. The molecule has 0 aromatic rings. The van der Waals surface area contributed by atoms with Crippen LogP contribution in [-0.4, -0.2) is 0 Å². The standard InChI is InChI=1S/5C8H18.2C7H12.6C7H14/c1-7(2,3)8(4,5)6;2*1-6-7(2)8(3,4)5;1-6-8(4,5)7(2)3;1-6(2)8(5)7(3)4;1-7(4-5-7)6-2-3-6;1-5-4-7(5)6-2-3-6;1-6-4-7(2,3)5-6;1-6-4-5-7(6,2)3;2*1-5-4-6(2)7(5)3;1-3-7-4-6(2)5-7;1-3-7-5-4-6(7)2/h1-6H3;3*7H,6H2,1-5H3;6-8H,1-5H3;6H,2-5H2,1H3;5-7H,2-4H2,1H3;2*6H,4-5H2,1-3H3;2*5-7H,4H2,1-3H3;2*6-7H,3-5H2,1-2H3/t;7-;;;;;5-,7?;;;;;;/m.1....0....../s1. The number of hydrogen-bond donors (Lipinski definition) is 0. The Hall–Kier alpha value is 0. The lowest BCUT2D eigenvalue weighted by atomic mass is 9.64. The summed E-state index contributed by atoms with van der Waals surface area (Å²) in [7, 11) is 0. The molecular weight excluding hydrogens is 1150 g/mol. The minimum atomic E-state index is 0.437. The van der Waals surface area contributed by atoms with Crippen molar-refractivity contribution in [1.82, 2.24) is 0 Å². The first-order valence-corrected chi connectivity index (χ1v) is 43.3. The Labute approximate surface area is 615 Å². The molecule has 10 saturated carbocycles. The van der Waals surface area contributed by atoms with Crippen LogP contribution >= 0.6 is 0 Å². The topological polar surface area (TPSA) is 0 Å². The molecule has 0 aromatic carbocycles. The molecule has 0 heterocycles. The summed E-state index contributed by atoms with van der Waals surface area (Å²) < 4.78 is 0. The first kappa shape index (κ1) is 100. The van der Waals surface area contributed by atoms with Gasteiger partial charge in [0.15, 0.2) is 0 Å². The average Bonchev–Trinajstić information content (AvgIpc) is 1.62. The van der Waals surface area contributed by atoms with Gasteiger partial charge in [0.05, 0.1) is 0 Å². The van der Waals surface area contributed by atoms with E-state index in [0.29, 0.717) is 37.9 Å². The van der Waals surface area contributed by atoms with E-state index in [0.717, 1.165) is 124 Å². The molecule has 0 nitrogen and oxygen atoms in total. The molecule has 582 valence electrons. The predicted octanol–water partition coefficient (Wildman–Crippen LogP) is 33.9. The fourth-order valence-corrected chi connectivity index (χ4v) is 13.7. The molecule has 0 amide bonds. The molecule has 0 heteroatoms. The van der Waals surface area contributed by atoms with E-state index in [1.54, 1.807) is 19.3 Å². The molecule has 0 radical (unpaired) electrons. The van der Waals surface area contributed by atoms with Crippen LogP contribution in [0.4, 0.5) is 0 Å². The Morgan fingerprint density at radius 1 is 0.396 bits per heavy atom. The van der Waals surface area contributed by atoms with Gasteiger partial charge in [0.25, 0.3) is 0 Å². The first-order valence-electron chi connectivity index (χ1n) is 43.3. The lowest BCUT2D eigenvalue weighted by molar-refractivity contribution is 0.0892. The fraction of sp³-hybridized carbons (Fsp3) is 1.00. The van der Waals surface area contributed by atoms with Crippen LogP contribution in [0.15, 0.2) is 0 Å². The normalized spacial score (nSPS) is 30.3. The van der Waals surface area contributed by atoms with E-state index in [-0.39, 0.29) is 0 Å². The summed E-state index contributed by atoms with van der Waals surface area (Å²) >= 11 is 0. The van der Waals surface area contributed by atoms with Crippen LogP contribution in [0.25, 0.3) is 0 Å². The highest BCUT2D eigenvalue weighted by molar-refractivity contribution is 5.00. The maximum Gasteiger partial charge on any atom is -0.0297 e. The van der Waals surface area contributed by atoms with Crippen LogP contribution in [0.2, 0.25) is 0 Å². The second-order valence-electron chi connectivity index (χ2n) is 44.1. The monoisotopic (exact) mass is 1350 g/mol. The summed E-state index contributed by atoms with van der Waals surface area (Å²) in [6.45, 7) is 102. The molecule has 0 N–H and O–H groups in total. The van der Waals surface area contributed by atoms with Gasteiger partial charge in [-0.3, -0.25) is 0 Å². The Morgan fingerprint density at radius 2 is 0.760 bits per heavy atom. The van der Waals surface area contributed by atoms with Crippen LogP contribution < -0.4 is 0 Å². The predicted molar refractivity (Wildman–Crippen MR) is 447 cm³/mol. The molecule has 9 unspecified atom stereocenters. The van der Waals surface area contributed by atoms with Crippen molar-refractivity contribution in [3.63, 3.8) is 0 Å². The molecule has 0 aliphatic heterocycles. The zero-order valence-corrected chi connectivity index (χ0v) is 76.3. The van der Waals surface area contributed by atoms with Gasteiger partial charge in [0.1, 0.15) is 0 Å². The van der Waals surface area contributed by atoms with Crippen LogP contribution in [0.1, 0.15) is 446 Å². The highest BCUT2D eigenvalue weighted by Gasteiger charge is 2.49. The van der Waals surface area contributed by atoms with Crippen molar-refractivity contribution in [2.24, 2.45) is 174 Å². The highest BCUT2D eigenvalue weighted by Crippen LogP contribution is 2.61. The van der Waals surface area contributed by atoms with Crippen molar-refractivity contribution in [2.45, 2.75) is 446 Å². The van der Waals surface area contributed by atoms with Crippen molar-refractivity contribution < 1.29 is 0 Å². The van der Waals surface area contributed by atoms with E-state index >= 15 is 0 Å². The molecule has 0 spiro atoms. The Morgan fingerprint density at radius 3 is 0.792 bits per heavy atom. The zero-order chi connectivity index (χ0) is 76.3. The van der Waals surface area contributed by atoms with Crippen molar-refractivity contribution >= 4 is 0 Å². The smallest absolute Gasteiger partial charge is 0.0297 e. The maximum atomic E-state index is 2.44. The van der Waals surface area contributed by atoms with Crippen molar-refractivity contribution in [1.29, 1.82) is 0 Å². The van der Waals surface area contributed by atoms with Crippen molar-refractivity contribution in [3.8, 4) is 0 Å². The average molecular weight is 1350 g/mol. The molecule has 0 aromatic heterocycles. The van der Waals surface area contributed by atoms with Crippen molar-refractivity contribution in [3.05, 3.63) is 0 Å². The van der Waals surface area contributed by atoms with E-state index in [2.05, 4.69) is 305 Å². The molecule has 96 heavy (non-hydrogen) atoms. The molecular formula is C96H198. The summed E-state index contributed by atoms with van der Waals surface area (Å²) in [5, 5.41) is 0. The van der Waals surface area contributed by atoms with Gasteiger partial charge in [0, 0.05) is 0 Å².